The van der Waals surface area contributed by atoms with Crippen molar-refractivity contribution in [2.75, 3.05) is 28.3 Å². The number of nitrogens with zero attached hydrogens (tertiary/aromatic N) is 4. The fourth-order valence-corrected chi connectivity index (χ4v) is 3.11. The van der Waals surface area contributed by atoms with Crippen LogP contribution in [0.2, 0.25) is 0 Å². The van der Waals surface area contributed by atoms with Crippen LogP contribution < -0.4 is 0 Å². The number of methoxy groups -OCH3 is 1. The zero-order valence-electron chi connectivity index (χ0n) is 13.3. The van der Waals surface area contributed by atoms with Crippen LogP contribution in [0.25, 0.3) is 0 Å². The van der Waals surface area contributed by atoms with Gasteiger partial charge in [0.05, 0.1) is 7.11 Å². The Bertz CT molecular complexity index is 626. The predicted molar refractivity (Wildman–Crippen MR) is 75.1 cm³/mol. The van der Waals surface area contributed by atoms with Gasteiger partial charge in [0.1, 0.15) is 5.41 Å². The van der Waals surface area contributed by atoms with Gasteiger partial charge in [0.25, 0.3) is 5.91 Å². The lowest BCUT2D eigenvalue weighted by molar-refractivity contribution is -0.163. The molecule has 0 saturated carbocycles. The molecule has 9 nitrogen and oxygen atoms in total. The zero-order valence-corrected chi connectivity index (χ0v) is 13.3. The lowest BCUT2D eigenvalue weighted by Crippen LogP contribution is -2.76. The highest BCUT2D eigenvalue weighted by molar-refractivity contribution is 6.30. The molecular formula is C13H18N4O5. The molecule has 2 rings (SSSR count). The third kappa shape index (κ3) is 1.50. The Labute approximate surface area is 127 Å². The van der Waals surface area contributed by atoms with E-state index in [2.05, 4.69) is 4.99 Å². The van der Waals surface area contributed by atoms with Gasteiger partial charge in [-0.2, -0.15) is 4.99 Å². The molecule has 0 aromatic heterocycles. The lowest BCUT2D eigenvalue weighted by atomic mass is 9.68. The first-order valence-electron chi connectivity index (χ1n) is 6.56. The summed E-state index contributed by atoms with van der Waals surface area (Å²) in [5.41, 5.74) is -3.17. The van der Waals surface area contributed by atoms with E-state index < -0.39 is 34.9 Å². The van der Waals surface area contributed by atoms with Crippen LogP contribution in [0.4, 0.5) is 9.59 Å². The molecule has 2 aliphatic heterocycles. The second kappa shape index (κ2) is 4.52. The van der Waals surface area contributed by atoms with Crippen molar-refractivity contribution in [3.63, 3.8) is 0 Å². The summed E-state index contributed by atoms with van der Waals surface area (Å²) in [6.45, 7) is 2.97. The summed E-state index contributed by atoms with van der Waals surface area (Å²) < 4.78 is 4.79. The van der Waals surface area contributed by atoms with Crippen LogP contribution in [-0.2, 0) is 14.3 Å². The van der Waals surface area contributed by atoms with Crippen molar-refractivity contribution in [2.45, 2.75) is 19.4 Å². The summed E-state index contributed by atoms with van der Waals surface area (Å²) >= 11 is 0. The molecule has 5 amide bonds. The number of amides is 5. The molecule has 22 heavy (non-hydrogen) atoms. The molecule has 0 aromatic carbocycles. The number of amidine groups is 1. The molecule has 2 heterocycles. The number of esters is 1. The Morgan fingerprint density at radius 2 is 1.68 bits per heavy atom. The van der Waals surface area contributed by atoms with Crippen molar-refractivity contribution in [2.24, 2.45) is 10.4 Å². The van der Waals surface area contributed by atoms with Crippen LogP contribution in [0.15, 0.2) is 4.99 Å². The Hall–Kier alpha value is -2.45. The van der Waals surface area contributed by atoms with Crippen molar-refractivity contribution in [3.05, 3.63) is 0 Å². The number of likely N-dealkylation sites (N-methyl/N-ethyl adjacent to an activating group) is 3. The molecule has 9 heteroatoms. The van der Waals surface area contributed by atoms with Crippen molar-refractivity contribution >= 4 is 29.8 Å². The van der Waals surface area contributed by atoms with E-state index in [9.17, 15) is 19.2 Å². The number of imide groups is 1. The second-order valence-electron chi connectivity index (χ2n) is 5.81. The van der Waals surface area contributed by atoms with Gasteiger partial charge in [-0.15, -0.1) is 0 Å². The van der Waals surface area contributed by atoms with Gasteiger partial charge in [-0.05, 0) is 13.8 Å². The zero-order chi connectivity index (χ0) is 17.0. The number of carbonyl (C=O) groups excluding carboxylic acids is 4. The SMILES string of the molecule is COC(=O)C(C)(C)C12C(=O)N(C)C(=O)N(C)C1=NC(=O)N2C. The number of carbonyl (C=O) groups is 4. The summed E-state index contributed by atoms with van der Waals surface area (Å²) in [7, 11) is 5.27. The van der Waals surface area contributed by atoms with Crippen LogP contribution in [0, 0.1) is 5.41 Å². The van der Waals surface area contributed by atoms with Gasteiger partial charge in [0, 0.05) is 21.1 Å². The van der Waals surface area contributed by atoms with Crippen molar-refractivity contribution < 1.29 is 23.9 Å². The Balaban J connectivity index is 2.79. The number of aliphatic imine (C=N–C) groups is 1. The third-order valence-electron chi connectivity index (χ3n) is 4.42. The van der Waals surface area contributed by atoms with Crippen molar-refractivity contribution in [1.82, 2.24) is 14.7 Å². The van der Waals surface area contributed by atoms with Gasteiger partial charge in [0.15, 0.2) is 11.4 Å². The molecule has 1 atom stereocenters. The van der Waals surface area contributed by atoms with Gasteiger partial charge in [-0.25, -0.2) is 9.59 Å². The quantitative estimate of drug-likeness (QED) is 0.664. The highest BCUT2D eigenvalue weighted by Crippen LogP contribution is 2.45. The molecule has 0 aromatic rings. The average molecular weight is 310 g/mol. The molecule has 120 valence electrons. The minimum absolute atomic E-state index is 0.0662. The van der Waals surface area contributed by atoms with Gasteiger partial charge in [0.2, 0.25) is 0 Å². The molecule has 0 N–H and O–H groups in total. The fraction of sp³-hybridized carbons (Fsp3) is 0.615. The van der Waals surface area contributed by atoms with E-state index in [1.54, 1.807) is 0 Å². The maximum Gasteiger partial charge on any atom is 0.346 e. The number of hydrogen-bond acceptors (Lipinski definition) is 5. The van der Waals surface area contributed by atoms with Crippen molar-refractivity contribution in [1.29, 1.82) is 0 Å². The van der Waals surface area contributed by atoms with Crippen LogP contribution in [0.1, 0.15) is 13.8 Å². The monoisotopic (exact) mass is 310 g/mol. The second-order valence-corrected chi connectivity index (χ2v) is 5.81. The molecular weight excluding hydrogens is 292 g/mol. The van der Waals surface area contributed by atoms with E-state index >= 15 is 0 Å². The molecule has 0 spiro atoms. The summed E-state index contributed by atoms with van der Waals surface area (Å²) in [4.78, 5) is 56.2. The van der Waals surface area contributed by atoms with Gasteiger partial charge in [-0.1, -0.05) is 0 Å². The van der Waals surface area contributed by atoms with E-state index in [1.165, 1.54) is 42.1 Å². The van der Waals surface area contributed by atoms with Gasteiger partial charge in [-0.3, -0.25) is 19.4 Å². The molecule has 1 unspecified atom stereocenters. The van der Waals surface area contributed by atoms with Gasteiger partial charge < -0.3 is 9.64 Å². The van der Waals surface area contributed by atoms with E-state index in [1.807, 2.05) is 0 Å². The minimum Gasteiger partial charge on any atom is -0.469 e. The first-order valence-corrected chi connectivity index (χ1v) is 6.56. The van der Waals surface area contributed by atoms with Crippen LogP contribution in [-0.4, -0.2) is 78.3 Å². The standard InChI is InChI=1S/C13H18N4O5/c1-12(2,9(19)22-6)13-7(14-10(20)17(13)5)15(3)11(21)16(4)8(13)18/h1-6H3. The smallest absolute Gasteiger partial charge is 0.346 e. The first-order chi connectivity index (χ1) is 10.0. The number of rotatable bonds is 2. The Morgan fingerprint density at radius 3 is 2.18 bits per heavy atom. The van der Waals surface area contributed by atoms with Crippen LogP contribution >= 0.6 is 0 Å². The van der Waals surface area contributed by atoms with Crippen LogP contribution in [0.5, 0.6) is 0 Å². The van der Waals surface area contributed by atoms with Crippen molar-refractivity contribution in [3.8, 4) is 0 Å². The van der Waals surface area contributed by atoms with Gasteiger partial charge >= 0.3 is 18.0 Å². The minimum atomic E-state index is -1.73. The maximum atomic E-state index is 12.9. The highest BCUT2D eigenvalue weighted by Gasteiger charge is 2.70. The normalized spacial score (nSPS) is 25.5. The average Bonchev–Trinajstić information content (AvgIpc) is 2.75. The number of fused-ring (bicyclic) bond motifs is 1. The summed E-state index contributed by atoms with van der Waals surface area (Å²) in [5.74, 6) is -1.45. The molecule has 2 aliphatic rings. The van der Waals surface area contributed by atoms with E-state index in [4.69, 9.17) is 4.74 Å². The molecule has 0 radical (unpaired) electrons. The maximum absolute atomic E-state index is 12.9. The number of urea groups is 2. The fourth-order valence-electron chi connectivity index (χ4n) is 3.11. The predicted octanol–water partition coefficient (Wildman–Crippen LogP) is -0.0879. The lowest BCUT2D eigenvalue weighted by Gasteiger charge is -2.50. The van der Waals surface area contributed by atoms with E-state index in [0.29, 0.717) is 0 Å². The highest BCUT2D eigenvalue weighted by atomic mass is 16.5. The third-order valence-corrected chi connectivity index (χ3v) is 4.42. The summed E-state index contributed by atoms with van der Waals surface area (Å²) in [6, 6.07) is -1.32. The number of ether oxygens (including phenoxy) is 1. The molecule has 1 saturated heterocycles. The largest absolute Gasteiger partial charge is 0.469 e. The number of hydrogen-bond donors (Lipinski definition) is 0. The Morgan fingerprint density at radius 1 is 1.14 bits per heavy atom. The molecule has 0 aliphatic carbocycles. The topological polar surface area (TPSA) is 99.6 Å². The summed E-state index contributed by atoms with van der Waals surface area (Å²) in [6.07, 6.45) is 0. The van der Waals surface area contributed by atoms with E-state index in [-0.39, 0.29) is 5.84 Å². The van der Waals surface area contributed by atoms with E-state index in [0.717, 1.165) is 14.7 Å². The summed E-state index contributed by atoms with van der Waals surface area (Å²) in [5, 5.41) is 0. The molecule has 1 fully saturated rings. The van der Waals surface area contributed by atoms with Crippen LogP contribution in [0.3, 0.4) is 0 Å². The Kier molecular flexibility index (Phi) is 3.27. The molecule has 0 bridgehead atoms. The first kappa shape index (κ1) is 15.9.